The molecule has 0 spiro atoms. The van der Waals surface area contributed by atoms with E-state index in [2.05, 4.69) is 205 Å². The topological polar surface area (TPSA) is 8.17 Å². The number of para-hydroxylation sites is 2. The van der Waals surface area contributed by atoms with Crippen molar-refractivity contribution < 1.29 is 0 Å². The van der Waals surface area contributed by atoms with E-state index in [9.17, 15) is 0 Å². The van der Waals surface area contributed by atoms with Crippen LogP contribution in [0.25, 0.3) is 55.3 Å². The largest absolute Gasteiger partial charge is 0.310 e. The van der Waals surface area contributed by atoms with Crippen LogP contribution in [-0.4, -0.2) is 4.57 Å². The van der Waals surface area contributed by atoms with Gasteiger partial charge in [-0.1, -0.05) is 129 Å². The number of hydrogen-bond donors (Lipinski definition) is 0. The van der Waals surface area contributed by atoms with Crippen molar-refractivity contribution in [3.05, 3.63) is 199 Å². The van der Waals surface area contributed by atoms with Crippen LogP contribution in [0.1, 0.15) is 43.4 Å². The Morgan fingerprint density at radius 1 is 0.491 bits per heavy atom. The lowest BCUT2D eigenvalue weighted by atomic mass is 9.82. The first-order valence-electron chi connectivity index (χ1n) is 18.8. The van der Waals surface area contributed by atoms with Crippen molar-refractivity contribution in [2.24, 2.45) is 0 Å². The van der Waals surface area contributed by atoms with E-state index in [0.717, 1.165) is 29.9 Å². The molecule has 0 bridgehead atoms. The molecular formula is C51H40N2. The Labute approximate surface area is 311 Å². The van der Waals surface area contributed by atoms with E-state index in [0.29, 0.717) is 0 Å². The van der Waals surface area contributed by atoms with Crippen LogP contribution >= 0.6 is 0 Å². The van der Waals surface area contributed by atoms with Gasteiger partial charge in [0.25, 0.3) is 0 Å². The summed E-state index contributed by atoms with van der Waals surface area (Å²) in [7, 11) is 0. The third-order valence-corrected chi connectivity index (χ3v) is 11.4. The lowest BCUT2D eigenvalue weighted by Gasteiger charge is -2.28. The fourth-order valence-corrected chi connectivity index (χ4v) is 8.74. The minimum absolute atomic E-state index is 0.0840. The summed E-state index contributed by atoms with van der Waals surface area (Å²) in [5.41, 5.74) is 17.4. The maximum atomic E-state index is 2.43. The molecule has 0 unspecified atom stereocenters. The second-order valence-electron chi connectivity index (χ2n) is 14.9. The zero-order valence-electron chi connectivity index (χ0n) is 30.1. The minimum Gasteiger partial charge on any atom is -0.310 e. The number of rotatable bonds is 6. The summed E-state index contributed by atoms with van der Waals surface area (Å²) in [5, 5.41) is 2.53. The van der Waals surface area contributed by atoms with Gasteiger partial charge < -0.3 is 9.47 Å². The van der Waals surface area contributed by atoms with Crippen molar-refractivity contribution in [2.75, 3.05) is 4.90 Å². The highest BCUT2D eigenvalue weighted by Crippen LogP contribution is 2.50. The zero-order valence-corrected chi connectivity index (χ0v) is 30.1. The fraction of sp³-hybridized carbons (Fsp3) is 0.0980. The molecule has 0 saturated carbocycles. The first kappa shape index (κ1) is 31.4. The van der Waals surface area contributed by atoms with Crippen LogP contribution in [0, 0.1) is 0 Å². The summed E-state index contributed by atoms with van der Waals surface area (Å²) in [6.45, 7) is 4.72. The molecule has 2 heteroatoms. The minimum atomic E-state index is -0.0840. The normalized spacial score (nSPS) is 14.3. The monoisotopic (exact) mass is 680 g/mol. The molecule has 2 aliphatic rings. The van der Waals surface area contributed by atoms with Crippen molar-refractivity contribution in [2.45, 2.75) is 32.1 Å². The van der Waals surface area contributed by atoms with Crippen LogP contribution in [0.5, 0.6) is 0 Å². The average molecular weight is 681 g/mol. The van der Waals surface area contributed by atoms with E-state index in [1.807, 2.05) is 0 Å². The van der Waals surface area contributed by atoms with Crippen molar-refractivity contribution >= 4 is 44.4 Å². The van der Waals surface area contributed by atoms with Gasteiger partial charge in [-0.3, -0.25) is 0 Å². The summed E-state index contributed by atoms with van der Waals surface area (Å²) in [6, 6.07) is 60.4. The average Bonchev–Trinajstić information content (AvgIpc) is 3.67. The second kappa shape index (κ2) is 12.4. The van der Waals surface area contributed by atoms with Gasteiger partial charge in [0.2, 0.25) is 0 Å². The summed E-state index contributed by atoms with van der Waals surface area (Å²) < 4.78 is 2.37. The summed E-state index contributed by atoms with van der Waals surface area (Å²) in [4.78, 5) is 2.43. The summed E-state index contributed by atoms with van der Waals surface area (Å²) in [6.07, 6.45) is 9.11. The number of fused-ring (bicyclic) bond motifs is 6. The molecule has 1 heterocycles. The highest BCUT2D eigenvalue weighted by molar-refractivity contribution is 6.10. The predicted molar refractivity (Wildman–Crippen MR) is 225 cm³/mol. The Kier molecular flexibility index (Phi) is 7.33. The van der Waals surface area contributed by atoms with Gasteiger partial charge in [0.1, 0.15) is 0 Å². The van der Waals surface area contributed by atoms with E-state index in [1.54, 1.807) is 0 Å². The quantitative estimate of drug-likeness (QED) is 0.170. The highest BCUT2D eigenvalue weighted by atomic mass is 15.1. The van der Waals surface area contributed by atoms with Crippen molar-refractivity contribution in [1.29, 1.82) is 0 Å². The van der Waals surface area contributed by atoms with Gasteiger partial charge in [-0.2, -0.15) is 0 Å². The summed E-state index contributed by atoms with van der Waals surface area (Å²) in [5.74, 6) is 0. The standard InChI is InChI=1S/C51H40N2/c1-51(2)47-22-11-9-20-43(47)44-30-29-42(34-48(44)51)52(41-19-13-16-37(32-41)35-14-5-3-6-15-35)40-27-24-36(25-28-40)38-26-31-50-46(33-38)45-21-10-12-23-49(45)53(50)39-17-7-4-8-18-39/h4-5,7-34H,3,6H2,1-2H3. The van der Waals surface area contributed by atoms with Gasteiger partial charge in [0, 0.05) is 38.9 Å². The third-order valence-electron chi connectivity index (χ3n) is 11.4. The van der Waals surface area contributed by atoms with E-state index in [4.69, 9.17) is 0 Å². The van der Waals surface area contributed by atoms with Crippen LogP contribution in [0.2, 0.25) is 0 Å². The van der Waals surface area contributed by atoms with Gasteiger partial charge in [0.15, 0.2) is 0 Å². The molecule has 2 aliphatic carbocycles. The predicted octanol–water partition coefficient (Wildman–Crippen LogP) is 14.0. The molecule has 2 nitrogen and oxygen atoms in total. The number of hydrogen-bond acceptors (Lipinski definition) is 1. The Morgan fingerprint density at radius 2 is 1.21 bits per heavy atom. The molecule has 53 heavy (non-hydrogen) atoms. The Hall–Kier alpha value is -6.38. The molecule has 0 aliphatic heterocycles. The van der Waals surface area contributed by atoms with Gasteiger partial charge >= 0.3 is 0 Å². The number of aromatic nitrogens is 1. The molecule has 0 fully saturated rings. The number of nitrogens with zero attached hydrogens (tertiary/aromatic N) is 2. The summed E-state index contributed by atoms with van der Waals surface area (Å²) >= 11 is 0. The van der Waals surface area contributed by atoms with Crippen LogP contribution in [-0.2, 0) is 5.41 Å². The van der Waals surface area contributed by atoms with Crippen molar-refractivity contribution in [3.63, 3.8) is 0 Å². The first-order valence-corrected chi connectivity index (χ1v) is 18.8. The van der Waals surface area contributed by atoms with E-state index >= 15 is 0 Å². The second-order valence-corrected chi connectivity index (χ2v) is 14.9. The van der Waals surface area contributed by atoms with E-state index in [1.165, 1.54) is 72.0 Å². The van der Waals surface area contributed by atoms with E-state index < -0.39 is 0 Å². The van der Waals surface area contributed by atoms with Gasteiger partial charge in [0.05, 0.1) is 11.0 Å². The molecular weight excluding hydrogens is 641 g/mol. The molecule has 0 amide bonds. The third kappa shape index (κ3) is 5.17. The van der Waals surface area contributed by atoms with Crippen LogP contribution in [0.15, 0.2) is 182 Å². The van der Waals surface area contributed by atoms with Crippen LogP contribution < -0.4 is 4.90 Å². The number of allylic oxidation sites excluding steroid dienone is 4. The zero-order chi connectivity index (χ0) is 35.5. The molecule has 0 atom stereocenters. The maximum Gasteiger partial charge on any atom is 0.0541 e. The fourth-order valence-electron chi connectivity index (χ4n) is 8.74. The van der Waals surface area contributed by atoms with Gasteiger partial charge in [-0.25, -0.2) is 0 Å². The number of anilines is 3. The van der Waals surface area contributed by atoms with Crippen LogP contribution in [0.3, 0.4) is 0 Å². The molecule has 0 radical (unpaired) electrons. The number of benzene rings is 7. The van der Waals surface area contributed by atoms with Crippen LogP contribution in [0.4, 0.5) is 17.1 Å². The molecule has 0 N–H and O–H groups in total. The van der Waals surface area contributed by atoms with Crippen molar-refractivity contribution in [1.82, 2.24) is 4.57 Å². The van der Waals surface area contributed by atoms with Gasteiger partial charge in [-0.05, 0) is 124 Å². The first-order chi connectivity index (χ1) is 26.0. The SMILES string of the molecule is CC1(C)c2ccccc2-c2ccc(N(c3ccc(-c4ccc5c(c4)c4ccccc4n5-c4ccccc4)cc3)c3cccc(C4=CCCC=C4)c3)cc21. The molecule has 8 aromatic rings. The maximum absolute atomic E-state index is 2.43. The van der Waals surface area contributed by atoms with Crippen molar-refractivity contribution in [3.8, 4) is 27.9 Å². The van der Waals surface area contributed by atoms with E-state index in [-0.39, 0.29) is 5.41 Å². The lowest BCUT2D eigenvalue weighted by molar-refractivity contribution is 0.660. The lowest BCUT2D eigenvalue weighted by Crippen LogP contribution is -2.16. The molecule has 254 valence electrons. The molecule has 1 aromatic heterocycles. The smallest absolute Gasteiger partial charge is 0.0541 e. The Morgan fingerprint density at radius 3 is 2.06 bits per heavy atom. The Bertz CT molecular complexity index is 2740. The highest BCUT2D eigenvalue weighted by Gasteiger charge is 2.35. The molecule has 7 aromatic carbocycles. The molecule has 0 saturated heterocycles. The molecule has 10 rings (SSSR count). The Balaban J connectivity index is 1.08. The van der Waals surface area contributed by atoms with Gasteiger partial charge in [-0.15, -0.1) is 0 Å².